The molecule has 0 aromatic heterocycles. The minimum atomic E-state index is -3.34. The highest BCUT2D eigenvalue weighted by atomic mass is 32.2. The first-order chi connectivity index (χ1) is 7.93. The number of benzene rings is 1. The van der Waals surface area contributed by atoms with Crippen molar-refractivity contribution < 1.29 is 18.3 Å². The summed E-state index contributed by atoms with van der Waals surface area (Å²) in [5.41, 5.74) is 0.0912. The highest BCUT2D eigenvalue weighted by Crippen LogP contribution is 2.21. The molecule has 1 N–H and O–H groups in total. The lowest BCUT2D eigenvalue weighted by molar-refractivity contribution is 0.0697. The van der Waals surface area contributed by atoms with E-state index in [1.807, 2.05) is 13.8 Å². The van der Waals surface area contributed by atoms with E-state index in [0.717, 1.165) is 0 Å². The maximum absolute atomic E-state index is 12.1. The molecule has 4 nitrogen and oxygen atoms in total. The SMILES string of the molecule is CCC(CC)S(=O)(=O)c1ccc(C(=O)O)cc1. The molecule has 0 saturated heterocycles. The average Bonchev–Trinajstić information content (AvgIpc) is 2.30. The van der Waals surface area contributed by atoms with Crippen molar-refractivity contribution in [2.75, 3.05) is 0 Å². The number of aromatic carboxylic acids is 1. The van der Waals surface area contributed by atoms with Crippen LogP contribution in [0.5, 0.6) is 0 Å². The second kappa shape index (κ2) is 5.31. The first-order valence-electron chi connectivity index (χ1n) is 5.50. The van der Waals surface area contributed by atoms with Crippen molar-refractivity contribution in [2.45, 2.75) is 36.8 Å². The first kappa shape index (κ1) is 13.7. The number of carboxylic acids is 1. The van der Waals surface area contributed by atoms with Crippen molar-refractivity contribution in [1.29, 1.82) is 0 Å². The van der Waals surface area contributed by atoms with Gasteiger partial charge in [0.2, 0.25) is 0 Å². The van der Waals surface area contributed by atoms with Crippen LogP contribution >= 0.6 is 0 Å². The molecule has 0 atom stereocenters. The van der Waals surface area contributed by atoms with E-state index in [2.05, 4.69) is 0 Å². The van der Waals surface area contributed by atoms with Gasteiger partial charge in [-0.05, 0) is 37.1 Å². The molecule has 0 aliphatic rings. The Labute approximate surface area is 101 Å². The van der Waals surface area contributed by atoms with Gasteiger partial charge < -0.3 is 5.11 Å². The van der Waals surface area contributed by atoms with E-state index in [4.69, 9.17) is 5.11 Å². The molecule has 17 heavy (non-hydrogen) atoms. The third-order valence-corrected chi connectivity index (χ3v) is 5.25. The predicted octanol–water partition coefficient (Wildman–Crippen LogP) is 2.35. The Morgan fingerprint density at radius 1 is 1.18 bits per heavy atom. The van der Waals surface area contributed by atoms with Crippen LogP contribution < -0.4 is 0 Å². The van der Waals surface area contributed by atoms with Crippen molar-refractivity contribution in [1.82, 2.24) is 0 Å². The fourth-order valence-electron chi connectivity index (χ4n) is 1.71. The van der Waals surface area contributed by atoms with Gasteiger partial charge in [0.1, 0.15) is 0 Å². The van der Waals surface area contributed by atoms with Gasteiger partial charge in [0.15, 0.2) is 9.84 Å². The van der Waals surface area contributed by atoms with E-state index in [9.17, 15) is 13.2 Å². The third kappa shape index (κ3) is 2.85. The Kier molecular flexibility index (Phi) is 4.28. The Morgan fingerprint density at radius 2 is 1.65 bits per heavy atom. The molecule has 0 fully saturated rings. The van der Waals surface area contributed by atoms with Crippen LogP contribution in [-0.2, 0) is 9.84 Å². The summed E-state index contributed by atoms with van der Waals surface area (Å²) in [4.78, 5) is 10.8. The molecule has 0 aliphatic heterocycles. The first-order valence-corrected chi connectivity index (χ1v) is 7.05. The van der Waals surface area contributed by atoms with E-state index >= 15 is 0 Å². The smallest absolute Gasteiger partial charge is 0.335 e. The van der Waals surface area contributed by atoms with Gasteiger partial charge in [-0.2, -0.15) is 0 Å². The Hall–Kier alpha value is -1.36. The molecular weight excluding hydrogens is 240 g/mol. The highest BCUT2D eigenvalue weighted by Gasteiger charge is 2.24. The zero-order valence-electron chi connectivity index (χ0n) is 9.88. The Balaban J connectivity index is 3.12. The van der Waals surface area contributed by atoms with Crippen LogP contribution in [0.3, 0.4) is 0 Å². The highest BCUT2D eigenvalue weighted by molar-refractivity contribution is 7.92. The summed E-state index contributed by atoms with van der Waals surface area (Å²) in [7, 11) is -3.34. The number of sulfone groups is 1. The second-order valence-electron chi connectivity index (χ2n) is 3.81. The van der Waals surface area contributed by atoms with Gasteiger partial charge in [0.05, 0.1) is 15.7 Å². The van der Waals surface area contributed by atoms with Gasteiger partial charge in [0.25, 0.3) is 0 Å². The largest absolute Gasteiger partial charge is 0.478 e. The average molecular weight is 256 g/mol. The minimum Gasteiger partial charge on any atom is -0.478 e. The summed E-state index contributed by atoms with van der Waals surface area (Å²) in [5, 5.41) is 8.33. The fraction of sp³-hybridized carbons (Fsp3) is 0.417. The zero-order valence-corrected chi connectivity index (χ0v) is 10.7. The van der Waals surface area contributed by atoms with Gasteiger partial charge in [0, 0.05) is 0 Å². The van der Waals surface area contributed by atoms with Crippen molar-refractivity contribution in [3.8, 4) is 0 Å². The summed E-state index contributed by atoms with van der Waals surface area (Å²) in [6, 6.07) is 5.35. The second-order valence-corrected chi connectivity index (χ2v) is 6.04. The van der Waals surface area contributed by atoms with Gasteiger partial charge in [-0.1, -0.05) is 13.8 Å². The maximum Gasteiger partial charge on any atom is 0.335 e. The van der Waals surface area contributed by atoms with Crippen molar-refractivity contribution >= 4 is 15.8 Å². The normalized spacial score (nSPS) is 11.7. The van der Waals surface area contributed by atoms with Crippen LogP contribution in [0.2, 0.25) is 0 Å². The van der Waals surface area contributed by atoms with Gasteiger partial charge in [-0.25, -0.2) is 13.2 Å². The van der Waals surface area contributed by atoms with Crippen LogP contribution in [0.4, 0.5) is 0 Å². The van der Waals surface area contributed by atoms with Crippen LogP contribution in [0.25, 0.3) is 0 Å². The maximum atomic E-state index is 12.1. The molecule has 0 aliphatic carbocycles. The quantitative estimate of drug-likeness (QED) is 0.877. The summed E-state index contributed by atoms with van der Waals surface area (Å²) in [6.45, 7) is 3.66. The topological polar surface area (TPSA) is 71.4 Å². The van der Waals surface area contributed by atoms with Crippen LogP contribution in [0.15, 0.2) is 29.2 Å². The molecule has 1 rings (SSSR count). The van der Waals surface area contributed by atoms with Crippen LogP contribution in [0, 0.1) is 0 Å². The third-order valence-electron chi connectivity index (χ3n) is 2.78. The summed E-state index contributed by atoms with van der Waals surface area (Å²) in [6.07, 6.45) is 1.11. The molecule has 1 aromatic carbocycles. The molecule has 0 unspecified atom stereocenters. The standard InChI is InChI=1S/C12H16O4S/c1-3-10(4-2)17(15,16)11-7-5-9(6-8-11)12(13)14/h5-8,10H,3-4H2,1-2H3,(H,13,14). The molecule has 0 saturated carbocycles. The number of hydrogen-bond donors (Lipinski definition) is 1. The lowest BCUT2D eigenvalue weighted by atomic mass is 10.2. The van der Waals surface area contributed by atoms with Crippen molar-refractivity contribution in [2.24, 2.45) is 0 Å². The van der Waals surface area contributed by atoms with E-state index in [1.165, 1.54) is 24.3 Å². The Morgan fingerprint density at radius 3 is 2.00 bits per heavy atom. The number of rotatable bonds is 5. The van der Waals surface area contributed by atoms with Gasteiger partial charge >= 0.3 is 5.97 Å². The van der Waals surface area contributed by atoms with Crippen LogP contribution in [-0.4, -0.2) is 24.7 Å². The van der Waals surface area contributed by atoms with Crippen molar-refractivity contribution in [3.05, 3.63) is 29.8 Å². The molecule has 5 heteroatoms. The molecule has 0 bridgehead atoms. The van der Waals surface area contributed by atoms with Gasteiger partial charge in [-0.3, -0.25) is 0 Å². The molecular formula is C12H16O4S. The summed E-state index contributed by atoms with van der Waals surface area (Å²) in [5.74, 6) is -1.06. The summed E-state index contributed by atoms with van der Waals surface area (Å²) >= 11 is 0. The molecule has 0 amide bonds. The van der Waals surface area contributed by atoms with E-state index in [0.29, 0.717) is 12.8 Å². The number of carboxylic acid groups (broad SMARTS) is 1. The predicted molar refractivity (Wildman–Crippen MR) is 65.0 cm³/mol. The van der Waals surface area contributed by atoms with E-state index < -0.39 is 21.1 Å². The zero-order chi connectivity index (χ0) is 13.1. The molecule has 1 aromatic rings. The van der Waals surface area contributed by atoms with E-state index in [-0.39, 0.29) is 10.5 Å². The molecule has 0 heterocycles. The number of hydrogen-bond acceptors (Lipinski definition) is 3. The van der Waals surface area contributed by atoms with Gasteiger partial charge in [-0.15, -0.1) is 0 Å². The number of carbonyl (C=O) groups is 1. The molecule has 94 valence electrons. The van der Waals surface area contributed by atoms with Crippen LogP contribution in [0.1, 0.15) is 37.0 Å². The van der Waals surface area contributed by atoms with E-state index in [1.54, 1.807) is 0 Å². The summed E-state index contributed by atoms with van der Waals surface area (Å²) < 4.78 is 24.3. The fourth-order valence-corrected chi connectivity index (χ4v) is 3.49. The van der Waals surface area contributed by atoms with Crippen molar-refractivity contribution in [3.63, 3.8) is 0 Å². The monoisotopic (exact) mass is 256 g/mol. The minimum absolute atomic E-state index is 0.0912. The molecule has 0 spiro atoms. The Bertz CT molecular complexity index is 484. The lowest BCUT2D eigenvalue weighted by Crippen LogP contribution is -2.19. The molecule has 0 radical (unpaired) electrons. The lowest BCUT2D eigenvalue weighted by Gasteiger charge is -2.13.